The van der Waals surface area contributed by atoms with Crippen molar-refractivity contribution in [3.8, 4) is 0 Å². The first-order valence-electron chi connectivity index (χ1n) is 6.20. The van der Waals surface area contributed by atoms with Crippen molar-refractivity contribution in [2.75, 3.05) is 5.32 Å². The predicted octanol–water partition coefficient (Wildman–Crippen LogP) is 4.50. The molecule has 0 saturated carbocycles. The Labute approximate surface area is 122 Å². The summed E-state index contributed by atoms with van der Waals surface area (Å²) < 4.78 is 1.04. The van der Waals surface area contributed by atoms with Crippen molar-refractivity contribution in [2.45, 2.75) is 19.8 Å². The highest BCUT2D eigenvalue weighted by molar-refractivity contribution is 9.10. The fourth-order valence-electron chi connectivity index (χ4n) is 1.87. The average Bonchev–Trinajstić information content (AvgIpc) is 2.43. The molecule has 1 N–H and O–H groups in total. The van der Waals surface area contributed by atoms with Gasteiger partial charge in [-0.1, -0.05) is 46.3 Å². The number of benzene rings is 2. The predicted molar refractivity (Wildman–Crippen MR) is 82.4 cm³/mol. The number of aryl methyl sites for hydroxylation is 1. The van der Waals surface area contributed by atoms with E-state index < -0.39 is 0 Å². The van der Waals surface area contributed by atoms with Gasteiger partial charge in [0.05, 0.1) is 5.92 Å². The molecule has 2 nitrogen and oxygen atoms in total. The molecule has 3 heteroatoms. The Balaban J connectivity index is 2.10. The van der Waals surface area contributed by atoms with Crippen molar-refractivity contribution in [1.29, 1.82) is 0 Å². The molecule has 0 bridgehead atoms. The van der Waals surface area contributed by atoms with Crippen LogP contribution in [0.4, 0.5) is 5.69 Å². The first kappa shape index (κ1) is 13.8. The number of carbonyl (C=O) groups excluding carboxylic acids is 1. The van der Waals surface area contributed by atoms with Gasteiger partial charge < -0.3 is 5.32 Å². The topological polar surface area (TPSA) is 29.1 Å². The molecule has 2 aromatic rings. The Bertz CT molecular complexity index is 581. The fourth-order valence-corrected chi connectivity index (χ4v) is 2.11. The van der Waals surface area contributed by atoms with Crippen molar-refractivity contribution in [1.82, 2.24) is 0 Å². The summed E-state index contributed by atoms with van der Waals surface area (Å²) >= 11 is 3.45. The summed E-state index contributed by atoms with van der Waals surface area (Å²) in [6.07, 6.45) is 0. The van der Waals surface area contributed by atoms with Crippen LogP contribution in [0.5, 0.6) is 0 Å². The van der Waals surface area contributed by atoms with Gasteiger partial charge >= 0.3 is 0 Å². The number of anilines is 1. The maximum atomic E-state index is 12.2. The summed E-state index contributed by atoms with van der Waals surface area (Å²) in [6.45, 7) is 3.91. The zero-order valence-electron chi connectivity index (χ0n) is 11.0. The van der Waals surface area contributed by atoms with Gasteiger partial charge in [-0.05, 0) is 43.2 Å². The maximum absolute atomic E-state index is 12.2. The molecule has 19 heavy (non-hydrogen) atoms. The molecule has 0 aliphatic carbocycles. The van der Waals surface area contributed by atoms with Crippen LogP contribution in [0.25, 0.3) is 0 Å². The van der Waals surface area contributed by atoms with E-state index in [1.807, 2.05) is 62.4 Å². The number of hydrogen-bond acceptors (Lipinski definition) is 1. The molecule has 1 atom stereocenters. The molecule has 0 aliphatic heterocycles. The Hall–Kier alpha value is -1.61. The number of hydrogen-bond donors (Lipinski definition) is 1. The second-order valence-corrected chi connectivity index (χ2v) is 5.44. The molecule has 0 saturated heterocycles. The van der Waals surface area contributed by atoms with E-state index in [0.29, 0.717) is 0 Å². The molecule has 98 valence electrons. The number of halogens is 1. The van der Waals surface area contributed by atoms with E-state index in [0.717, 1.165) is 21.3 Å². The van der Waals surface area contributed by atoms with Crippen LogP contribution in [0.3, 0.4) is 0 Å². The molecule has 2 aromatic carbocycles. The van der Waals surface area contributed by atoms with E-state index in [-0.39, 0.29) is 11.8 Å². The molecule has 0 fully saturated rings. The van der Waals surface area contributed by atoms with Crippen LogP contribution < -0.4 is 5.32 Å². The third-order valence-corrected chi connectivity index (χ3v) is 4.01. The summed E-state index contributed by atoms with van der Waals surface area (Å²) in [5, 5.41) is 2.95. The van der Waals surface area contributed by atoms with E-state index in [4.69, 9.17) is 0 Å². The van der Waals surface area contributed by atoms with Crippen LogP contribution in [0.15, 0.2) is 53.0 Å². The van der Waals surface area contributed by atoms with E-state index in [2.05, 4.69) is 21.2 Å². The van der Waals surface area contributed by atoms with E-state index in [1.54, 1.807) is 0 Å². The molecule has 1 amide bonds. The highest BCUT2D eigenvalue weighted by Crippen LogP contribution is 2.22. The minimum absolute atomic E-state index is 0.00734. The third-order valence-electron chi connectivity index (χ3n) is 3.12. The molecular weight excluding hydrogens is 302 g/mol. The highest BCUT2D eigenvalue weighted by atomic mass is 79.9. The summed E-state index contributed by atoms with van der Waals surface area (Å²) in [5.74, 6) is -0.155. The highest BCUT2D eigenvalue weighted by Gasteiger charge is 2.14. The summed E-state index contributed by atoms with van der Waals surface area (Å²) in [5.41, 5.74) is 2.95. The zero-order chi connectivity index (χ0) is 13.8. The van der Waals surface area contributed by atoms with Gasteiger partial charge in [-0.2, -0.15) is 0 Å². The van der Waals surface area contributed by atoms with Crippen LogP contribution in [0.1, 0.15) is 24.0 Å². The van der Waals surface area contributed by atoms with Gasteiger partial charge in [0.15, 0.2) is 0 Å². The molecule has 0 aromatic heterocycles. The minimum Gasteiger partial charge on any atom is -0.326 e. The summed E-state index contributed by atoms with van der Waals surface area (Å²) in [7, 11) is 0. The Morgan fingerprint density at radius 3 is 2.47 bits per heavy atom. The van der Waals surface area contributed by atoms with Crippen molar-refractivity contribution < 1.29 is 4.79 Å². The SMILES string of the molecule is Cc1cc(NC(=O)C(C)c2ccccc2)ccc1Br. The monoisotopic (exact) mass is 317 g/mol. The molecule has 2 rings (SSSR count). The van der Waals surface area contributed by atoms with Crippen LogP contribution in [0.2, 0.25) is 0 Å². The molecule has 1 unspecified atom stereocenters. The number of carbonyl (C=O) groups is 1. The lowest BCUT2D eigenvalue weighted by molar-refractivity contribution is -0.117. The number of rotatable bonds is 3. The number of nitrogens with one attached hydrogen (secondary N) is 1. The van der Waals surface area contributed by atoms with Crippen molar-refractivity contribution in [2.24, 2.45) is 0 Å². The van der Waals surface area contributed by atoms with Crippen molar-refractivity contribution >= 4 is 27.5 Å². The molecule has 0 aliphatic rings. The fraction of sp³-hybridized carbons (Fsp3) is 0.188. The lowest BCUT2D eigenvalue weighted by Crippen LogP contribution is -2.18. The zero-order valence-corrected chi connectivity index (χ0v) is 12.6. The standard InChI is InChI=1S/C16H16BrNO/c1-11-10-14(8-9-15(11)17)18-16(19)12(2)13-6-4-3-5-7-13/h3-10,12H,1-2H3,(H,18,19). The van der Waals surface area contributed by atoms with E-state index >= 15 is 0 Å². The minimum atomic E-state index is -0.162. The second kappa shape index (κ2) is 6.02. The van der Waals surface area contributed by atoms with Gasteiger partial charge in [-0.3, -0.25) is 4.79 Å². The Kier molecular flexibility index (Phi) is 4.38. The van der Waals surface area contributed by atoms with Gasteiger partial charge in [0.2, 0.25) is 5.91 Å². The molecule has 0 radical (unpaired) electrons. The van der Waals surface area contributed by atoms with Crippen LogP contribution >= 0.6 is 15.9 Å². The molecular formula is C16H16BrNO. The number of amides is 1. The van der Waals surface area contributed by atoms with Crippen LogP contribution in [-0.4, -0.2) is 5.91 Å². The lowest BCUT2D eigenvalue weighted by Gasteiger charge is -2.13. The maximum Gasteiger partial charge on any atom is 0.231 e. The quantitative estimate of drug-likeness (QED) is 0.887. The second-order valence-electron chi connectivity index (χ2n) is 4.59. The van der Waals surface area contributed by atoms with Crippen LogP contribution in [0, 0.1) is 6.92 Å². The normalized spacial score (nSPS) is 11.9. The van der Waals surface area contributed by atoms with Gasteiger partial charge in [0, 0.05) is 10.2 Å². The first-order valence-corrected chi connectivity index (χ1v) is 6.99. The summed E-state index contributed by atoms with van der Waals surface area (Å²) in [6, 6.07) is 15.6. The molecule has 0 heterocycles. The largest absolute Gasteiger partial charge is 0.326 e. The average molecular weight is 318 g/mol. The van der Waals surface area contributed by atoms with E-state index in [1.165, 1.54) is 0 Å². The van der Waals surface area contributed by atoms with E-state index in [9.17, 15) is 4.79 Å². The first-order chi connectivity index (χ1) is 9.08. The van der Waals surface area contributed by atoms with Crippen molar-refractivity contribution in [3.05, 3.63) is 64.1 Å². The van der Waals surface area contributed by atoms with Crippen molar-refractivity contribution in [3.63, 3.8) is 0 Å². The van der Waals surface area contributed by atoms with Gasteiger partial charge in [0.1, 0.15) is 0 Å². The van der Waals surface area contributed by atoms with Gasteiger partial charge in [0.25, 0.3) is 0 Å². The Morgan fingerprint density at radius 2 is 1.84 bits per heavy atom. The lowest BCUT2D eigenvalue weighted by atomic mass is 10.0. The molecule has 0 spiro atoms. The van der Waals surface area contributed by atoms with Gasteiger partial charge in [-0.25, -0.2) is 0 Å². The third kappa shape index (κ3) is 3.44. The summed E-state index contributed by atoms with van der Waals surface area (Å²) in [4.78, 5) is 12.2. The smallest absolute Gasteiger partial charge is 0.231 e. The van der Waals surface area contributed by atoms with Crippen LogP contribution in [-0.2, 0) is 4.79 Å². The van der Waals surface area contributed by atoms with Gasteiger partial charge in [-0.15, -0.1) is 0 Å². The Morgan fingerprint density at radius 1 is 1.16 bits per heavy atom.